The molecule has 0 amide bonds. The molecular weight excluding hydrogens is 309 g/mol. The van der Waals surface area contributed by atoms with Gasteiger partial charge < -0.3 is 4.74 Å². The highest BCUT2D eigenvalue weighted by Crippen LogP contribution is 2.27. The summed E-state index contributed by atoms with van der Waals surface area (Å²) in [4.78, 5) is 11.8. The lowest BCUT2D eigenvalue weighted by Gasteiger charge is -2.08. The number of carbonyl (C=O) groups is 1. The van der Waals surface area contributed by atoms with Crippen LogP contribution in [0, 0.1) is 18.6 Å². The molecule has 0 aliphatic heterocycles. The molecule has 0 aliphatic carbocycles. The van der Waals surface area contributed by atoms with E-state index in [1.165, 1.54) is 31.2 Å². The Morgan fingerprint density at radius 1 is 1.10 bits per heavy atom. The minimum Gasteiger partial charge on any atom is -0.423 e. The molecule has 2 aromatic rings. The van der Waals surface area contributed by atoms with Crippen molar-refractivity contribution in [3.63, 3.8) is 0 Å². The van der Waals surface area contributed by atoms with Gasteiger partial charge in [-0.15, -0.1) is 0 Å². The number of halogens is 4. The number of hydrogen-bond acceptors (Lipinski definition) is 2. The van der Waals surface area contributed by atoms with Crippen LogP contribution in [-0.2, 0) is 0 Å². The average molecular weight is 317 g/mol. The van der Waals surface area contributed by atoms with Crippen molar-refractivity contribution in [1.29, 1.82) is 0 Å². The highest BCUT2D eigenvalue weighted by molar-refractivity contribution is 6.42. The van der Waals surface area contributed by atoms with Gasteiger partial charge in [0, 0.05) is 6.07 Å². The lowest BCUT2D eigenvalue weighted by Crippen LogP contribution is -2.14. The van der Waals surface area contributed by atoms with Crippen LogP contribution in [0.5, 0.6) is 5.75 Å². The largest absolute Gasteiger partial charge is 0.423 e. The van der Waals surface area contributed by atoms with Crippen LogP contribution in [0.2, 0.25) is 10.0 Å². The molecule has 104 valence electrons. The summed E-state index contributed by atoms with van der Waals surface area (Å²) in [5.41, 5.74) is -0.594. The molecular formula is C14H8Cl2F2O2. The van der Waals surface area contributed by atoms with Gasteiger partial charge in [-0.1, -0.05) is 29.3 Å². The van der Waals surface area contributed by atoms with Crippen LogP contribution in [0.3, 0.4) is 0 Å². The van der Waals surface area contributed by atoms with E-state index < -0.39 is 23.2 Å². The molecule has 0 heterocycles. The molecule has 2 aromatic carbocycles. The maximum absolute atomic E-state index is 13.8. The summed E-state index contributed by atoms with van der Waals surface area (Å²) in [7, 11) is 0. The predicted molar refractivity (Wildman–Crippen MR) is 72.5 cm³/mol. The number of aryl methyl sites for hydroxylation is 1. The summed E-state index contributed by atoms with van der Waals surface area (Å²) in [6.07, 6.45) is 0. The zero-order valence-corrected chi connectivity index (χ0v) is 11.7. The molecule has 20 heavy (non-hydrogen) atoms. The summed E-state index contributed by atoms with van der Waals surface area (Å²) in [6.45, 7) is 1.42. The average Bonchev–Trinajstić information content (AvgIpc) is 2.39. The minimum absolute atomic E-state index is 0.0460. The van der Waals surface area contributed by atoms with E-state index in [-0.39, 0.29) is 21.4 Å². The van der Waals surface area contributed by atoms with Crippen molar-refractivity contribution in [3.05, 3.63) is 63.1 Å². The maximum Gasteiger partial charge on any atom is 0.349 e. The van der Waals surface area contributed by atoms with E-state index in [9.17, 15) is 13.6 Å². The van der Waals surface area contributed by atoms with E-state index in [1.807, 2.05) is 0 Å². The molecule has 0 saturated carbocycles. The molecule has 0 spiro atoms. The Morgan fingerprint density at radius 3 is 2.45 bits per heavy atom. The van der Waals surface area contributed by atoms with Crippen molar-refractivity contribution in [2.45, 2.75) is 6.92 Å². The zero-order valence-electron chi connectivity index (χ0n) is 10.2. The molecule has 0 saturated heterocycles. The van der Waals surface area contributed by atoms with E-state index in [0.29, 0.717) is 0 Å². The van der Waals surface area contributed by atoms with Crippen LogP contribution in [0.25, 0.3) is 0 Å². The minimum atomic E-state index is -1.14. The standard InChI is InChI=1S/C14H8Cl2F2O2/c1-7-2-5-11(17)12(13(7)18)14(19)20-8-3-4-9(15)10(16)6-8/h2-6H,1H3. The first-order valence-corrected chi connectivity index (χ1v) is 6.27. The van der Waals surface area contributed by atoms with Gasteiger partial charge in [-0.25, -0.2) is 13.6 Å². The first kappa shape index (κ1) is 14.8. The summed E-state index contributed by atoms with van der Waals surface area (Å²) in [5, 5.41) is 0.446. The summed E-state index contributed by atoms with van der Waals surface area (Å²) >= 11 is 11.5. The summed E-state index contributed by atoms with van der Waals surface area (Å²) in [6, 6.07) is 6.31. The van der Waals surface area contributed by atoms with Crippen LogP contribution >= 0.6 is 23.2 Å². The number of esters is 1. The Labute approximate surface area is 123 Å². The van der Waals surface area contributed by atoms with Gasteiger partial charge in [-0.2, -0.15) is 0 Å². The van der Waals surface area contributed by atoms with E-state index in [2.05, 4.69) is 0 Å². The molecule has 6 heteroatoms. The predicted octanol–water partition coefficient (Wildman–Crippen LogP) is 4.80. The number of carbonyl (C=O) groups excluding carboxylic acids is 1. The number of rotatable bonds is 2. The topological polar surface area (TPSA) is 26.3 Å². The van der Waals surface area contributed by atoms with Gasteiger partial charge in [0.2, 0.25) is 0 Å². The van der Waals surface area contributed by atoms with E-state index in [4.69, 9.17) is 27.9 Å². The molecule has 0 fully saturated rings. The molecule has 0 N–H and O–H groups in total. The first-order valence-electron chi connectivity index (χ1n) is 5.52. The van der Waals surface area contributed by atoms with Crippen LogP contribution in [0.15, 0.2) is 30.3 Å². The molecule has 0 atom stereocenters. The van der Waals surface area contributed by atoms with Crippen molar-refractivity contribution < 1.29 is 18.3 Å². The van der Waals surface area contributed by atoms with E-state index >= 15 is 0 Å². The van der Waals surface area contributed by atoms with E-state index in [1.54, 1.807) is 0 Å². The lowest BCUT2D eigenvalue weighted by molar-refractivity contribution is 0.0724. The van der Waals surface area contributed by atoms with Gasteiger partial charge in [0.15, 0.2) is 0 Å². The number of ether oxygens (including phenoxy) is 1. The quantitative estimate of drug-likeness (QED) is 0.587. The second-order valence-corrected chi connectivity index (χ2v) is 4.83. The number of benzene rings is 2. The lowest BCUT2D eigenvalue weighted by atomic mass is 10.1. The Bertz CT molecular complexity index is 687. The van der Waals surface area contributed by atoms with Crippen molar-refractivity contribution >= 4 is 29.2 Å². The highest BCUT2D eigenvalue weighted by Gasteiger charge is 2.21. The van der Waals surface area contributed by atoms with Gasteiger partial charge in [-0.3, -0.25) is 0 Å². The Kier molecular flexibility index (Phi) is 4.26. The molecule has 0 bridgehead atoms. The third kappa shape index (κ3) is 2.92. The molecule has 0 radical (unpaired) electrons. The summed E-state index contributed by atoms with van der Waals surface area (Å²) < 4.78 is 32.2. The SMILES string of the molecule is Cc1ccc(F)c(C(=O)Oc2ccc(Cl)c(Cl)c2)c1F. The normalized spacial score (nSPS) is 10.4. The van der Waals surface area contributed by atoms with Crippen LogP contribution < -0.4 is 4.74 Å². The third-order valence-electron chi connectivity index (χ3n) is 2.59. The third-order valence-corrected chi connectivity index (χ3v) is 3.33. The van der Waals surface area contributed by atoms with Crippen molar-refractivity contribution in [1.82, 2.24) is 0 Å². The van der Waals surface area contributed by atoms with E-state index in [0.717, 1.165) is 6.07 Å². The van der Waals surface area contributed by atoms with Gasteiger partial charge >= 0.3 is 5.97 Å². The van der Waals surface area contributed by atoms with Gasteiger partial charge in [-0.05, 0) is 30.7 Å². The van der Waals surface area contributed by atoms with Gasteiger partial charge in [0.1, 0.15) is 22.9 Å². The van der Waals surface area contributed by atoms with Gasteiger partial charge in [0.05, 0.1) is 10.0 Å². The molecule has 2 rings (SSSR count). The van der Waals surface area contributed by atoms with Crippen molar-refractivity contribution in [2.75, 3.05) is 0 Å². The second kappa shape index (κ2) is 5.77. The summed E-state index contributed by atoms with van der Waals surface area (Å²) in [5.74, 6) is -3.03. The Morgan fingerprint density at radius 2 is 1.80 bits per heavy atom. The van der Waals surface area contributed by atoms with Crippen LogP contribution in [0.1, 0.15) is 15.9 Å². The molecule has 0 aliphatic rings. The fourth-order valence-corrected chi connectivity index (χ4v) is 1.83. The zero-order chi connectivity index (χ0) is 14.9. The van der Waals surface area contributed by atoms with Gasteiger partial charge in [0.25, 0.3) is 0 Å². The number of hydrogen-bond donors (Lipinski definition) is 0. The maximum atomic E-state index is 13.8. The van der Waals surface area contributed by atoms with Crippen LogP contribution in [0.4, 0.5) is 8.78 Å². The highest BCUT2D eigenvalue weighted by atomic mass is 35.5. The fourth-order valence-electron chi connectivity index (χ4n) is 1.54. The molecule has 2 nitrogen and oxygen atoms in total. The monoisotopic (exact) mass is 316 g/mol. The fraction of sp³-hybridized carbons (Fsp3) is 0.0714. The second-order valence-electron chi connectivity index (χ2n) is 4.02. The molecule has 0 unspecified atom stereocenters. The Balaban J connectivity index is 2.33. The van der Waals surface area contributed by atoms with Crippen LogP contribution in [-0.4, -0.2) is 5.97 Å². The first-order chi connectivity index (χ1) is 9.40. The Hall–Kier alpha value is -1.65. The smallest absolute Gasteiger partial charge is 0.349 e. The van der Waals surface area contributed by atoms with Crippen molar-refractivity contribution in [3.8, 4) is 5.75 Å². The van der Waals surface area contributed by atoms with Crippen molar-refractivity contribution in [2.24, 2.45) is 0 Å². The molecule has 0 aromatic heterocycles.